The molecule has 0 bridgehead atoms. The molecule has 3 heteroatoms. The van der Waals surface area contributed by atoms with Gasteiger partial charge in [0.15, 0.2) is 5.76 Å². The second-order valence-corrected chi connectivity index (χ2v) is 4.62. The Labute approximate surface area is 101 Å². The van der Waals surface area contributed by atoms with Crippen molar-refractivity contribution in [1.82, 2.24) is 0 Å². The van der Waals surface area contributed by atoms with Gasteiger partial charge < -0.3 is 10.2 Å². The highest BCUT2D eigenvalue weighted by atomic mass is 16.3. The van der Waals surface area contributed by atoms with E-state index in [0.717, 1.165) is 16.5 Å². The summed E-state index contributed by atoms with van der Waals surface area (Å²) in [6.45, 7) is 5.62. The Morgan fingerprint density at radius 2 is 2.06 bits per heavy atom. The summed E-state index contributed by atoms with van der Waals surface area (Å²) < 4.78 is 5.63. The van der Waals surface area contributed by atoms with E-state index in [4.69, 9.17) is 10.2 Å². The molecule has 0 spiro atoms. The molecule has 17 heavy (non-hydrogen) atoms. The van der Waals surface area contributed by atoms with Gasteiger partial charge in [0.25, 0.3) is 0 Å². The van der Waals surface area contributed by atoms with Gasteiger partial charge in [0.05, 0.1) is 0 Å². The number of para-hydroxylation sites is 1. The second kappa shape index (κ2) is 4.34. The monoisotopic (exact) mass is 231 g/mol. The Kier molecular flexibility index (Phi) is 3.03. The van der Waals surface area contributed by atoms with Crippen LogP contribution in [0.1, 0.15) is 30.0 Å². The van der Waals surface area contributed by atoms with Gasteiger partial charge in [-0.05, 0) is 25.5 Å². The number of benzene rings is 1. The highest BCUT2D eigenvalue weighted by Crippen LogP contribution is 2.24. The van der Waals surface area contributed by atoms with Crippen molar-refractivity contribution in [3.8, 4) is 0 Å². The zero-order valence-corrected chi connectivity index (χ0v) is 10.4. The number of Topliss-reactive ketones (excluding diaryl/α,β-unsaturated/α-hetero) is 1. The first-order valence-electron chi connectivity index (χ1n) is 5.79. The quantitative estimate of drug-likeness (QED) is 0.826. The van der Waals surface area contributed by atoms with Crippen LogP contribution in [-0.4, -0.2) is 11.8 Å². The Morgan fingerprint density at radius 3 is 2.65 bits per heavy atom. The average molecular weight is 231 g/mol. The standard InChI is InChI=1S/C14H17NO2/c1-8-5-4-6-11-7-12(17-14(8)11)13(16)9(2)10(3)15/h4-7,9-10H,15H2,1-3H3. The van der Waals surface area contributed by atoms with E-state index in [9.17, 15) is 4.79 Å². The minimum atomic E-state index is -0.226. The van der Waals surface area contributed by atoms with Crippen molar-refractivity contribution in [3.63, 3.8) is 0 Å². The third-order valence-corrected chi connectivity index (χ3v) is 3.19. The Morgan fingerprint density at radius 1 is 1.35 bits per heavy atom. The minimum Gasteiger partial charge on any atom is -0.453 e. The van der Waals surface area contributed by atoms with Crippen molar-refractivity contribution in [2.24, 2.45) is 11.7 Å². The number of fused-ring (bicyclic) bond motifs is 1. The molecule has 90 valence electrons. The summed E-state index contributed by atoms with van der Waals surface area (Å²) in [5.41, 5.74) is 7.56. The number of hydrogen-bond donors (Lipinski definition) is 1. The summed E-state index contributed by atoms with van der Waals surface area (Å²) in [5.74, 6) is 0.144. The molecule has 2 N–H and O–H groups in total. The molecule has 0 aliphatic heterocycles. The summed E-state index contributed by atoms with van der Waals surface area (Å²) in [6.07, 6.45) is 0. The highest BCUT2D eigenvalue weighted by Gasteiger charge is 2.22. The van der Waals surface area contributed by atoms with Crippen LogP contribution in [0.25, 0.3) is 11.0 Å². The van der Waals surface area contributed by atoms with Crippen LogP contribution in [0.2, 0.25) is 0 Å². The zero-order chi connectivity index (χ0) is 12.6. The average Bonchev–Trinajstić information content (AvgIpc) is 2.72. The van der Waals surface area contributed by atoms with E-state index >= 15 is 0 Å². The van der Waals surface area contributed by atoms with Crippen LogP contribution in [0.4, 0.5) is 0 Å². The van der Waals surface area contributed by atoms with Crippen LogP contribution in [-0.2, 0) is 0 Å². The van der Waals surface area contributed by atoms with Crippen LogP contribution in [0.3, 0.4) is 0 Å². The van der Waals surface area contributed by atoms with Gasteiger partial charge in [-0.3, -0.25) is 4.79 Å². The molecule has 1 aromatic carbocycles. The molecule has 0 aliphatic carbocycles. The SMILES string of the molecule is Cc1cccc2cc(C(=O)C(C)C(C)N)oc12. The first-order chi connectivity index (χ1) is 8.00. The molecule has 0 fully saturated rings. The summed E-state index contributed by atoms with van der Waals surface area (Å²) in [4.78, 5) is 12.1. The van der Waals surface area contributed by atoms with Crippen LogP contribution in [0.15, 0.2) is 28.7 Å². The predicted molar refractivity (Wildman–Crippen MR) is 68.1 cm³/mol. The smallest absolute Gasteiger partial charge is 0.202 e. The lowest BCUT2D eigenvalue weighted by atomic mass is 9.97. The topological polar surface area (TPSA) is 56.2 Å². The van der Waals surface area contributed by atoms with Gasteiger partial charge in [-0.25, -0.2) is 0 Å². The largest absolute Gasteiger partial charge is 0.453 e. The van der Waals surface area contributed by atoms with Crippen LogP contribution >= 0.6 is 0 Å². The second-order valence-electron chi connectivity index (χ2n) is 4.62. The van der Waals surface area contributed by atoms with Gasteiger partial charge in [0, 0.05) is 17.3 Å². The van der Waals surface area contributed by atoms with Gasteiger partial charge in [0.2, 0.25) is 5.78 Å². The third-order valence-electron chi connectivity index (χ3n) is 3.19. The van der Waals surface area contributed by atoms with Crippen LogP contribution < -0.4 is 5.73 Å². The van der Waals surface area contributed by atoms with Crippen LogP contribution in [0.5, 0.6) is 0 Å². The van der Waals surface area contributed by atoms with E-state index in [1.807, 2.05) is 39.0 Å². The van der Waals surface area contributed by atoms with E-state index in [0.29, 0.717) is 5.76 Å². The van der Waals surface area contributed by atoms with E-state index in [-0.39, 0.29) is 17.7 Å². The molecule has 3 nitrogen and oxygen atoms in total. The van der Waals surface area contributed by atoms with Crippen molar-refractivity contribution in [2.75, 3.05) is 0 Å². The van der Waals surface area contributed by atoms with E-state index < -0.39 is 0 Å². The van der Waals surface area contributed by atoms with Crippen molar-refractivity contribution in [1.29, 1.82) is 0 Å². The highest BCUT2D eigenvalue weighted by molar-refractivity contribution is 5.99. The normalized spacial score (nSPS) is 14.8. The molecule has 0 amide bonds. The molecule has 2 rings (SSSR count). The van der Waals surface area contributed by atoms with Crippen LogP contribution in [0, 0.1) is 12.8 Å². The number of aryl methyl sites for hydroxylation is 1. The Bertz CT molecular complexity index is 554. The summed E-state index contributed by atoms with van der Waals surface area (Å²) in [7, 11) is 0. The summed E-state index contributed by atoms with van der Waals surface area (Å²) >= 11 is 0. The van der Waals surface area contributed by atoms with Gasteiger partial charge in [0.1, 0.15) is 5.58 Å². The molecule has 2 aromatic rings. The minimum absolute atomic E-state index is 0.0319. The first kappa shape index (κ1) is 11.9. The maximum absolute atomic E-state index is 12.1. The number of carbonyl (C=O) groups is 1. The molecule has 1 aromatic heterocycles. The Balaban J connectivity index is 2.44. The molecular formula is C14H17NO2. The Hall–Kier alpha value is -1.61. The van der Waals surface area contributed by atoms with Crippen molar-refractivity contribution < 1.29 is 9.21 Å². The number of furan rings is 1. The van der Waals surface area contributed by atoms with E-state index in [1.54, 1.807) is 6.07 Å². The fourth-order valence-electron chi connectivity index (χ4n) is 1.79. The van der Waals surface area contributed by atoms with Gasteiger partial charge in [-0.1, -0.05) is 25.1 Å². The fraction of sp³-hybridized carbons (Fsp3) is 0.357. The molecule has 1 heterocycles. The first-order valence-corrected chi connectivity index (χ1v) is 5.79. The molecule has 0 saturated carbocycles. The molecule has 0 saturated heterocycles. The van der Waals surface area contributed by atoms with Gasteiger partial charge >= 0.3 is 0 Å². The number of nitrogens with two attached hydrogens (primary N) is 1. The number of hydrogen-bond acceptors (Lipinski definition) is 3. The van der Waals surface area contributed by atoms with Gasteiger partial charge in [-0.2, -0.15) is 0 Å². The van der Waals surface area contributed by atoms with Gasteiger partial charge in [-0.15, -0.1) is 0 Å². The number of rotatable bonds is 3. The molecule has 0 radical (unpaired) electrons. The molecule has 0 aliphatic rings. The summed E-state index contributed by atoms with van der Waals surface area (Å²) in [5, 5.41) is 0.963. The third kappa shape index (κ3) is 2.11. The molecule has 2 atom stereocenters. The summed E-state index contributed by atoms with van der Waals surface area (Å²) in [6, 6.07) is 7.49. The lowest BCUT2D eigenvalue weighted by molar-refractivity contribution is 0.0891. The van der Waals surface area contributed by atoms with E-state index in [1.165, 1.54) is 0 Å². The number of ketones is 1. The van der Waals surface area contributed by atoms with Crippen molar-refractivity contribution in [2.45, 2.75) is 26.8 Å². The van der Waals surface area contributed by atoms with Crippen molar-refractivity contribution >= 4 is 16.8 Å². The maximum Gasteiger partial charge on any atom is 0.202 e. The lowest BCUT2D eigenvalue weighted by Crippen LogP contribution is -2.30. The number of carbonyl (C=O) groups excluding carboxylic acids is 1. The van der Waals surface area contributed by atoms with E-state index in [2.05, 4.69) is 0 Å². The lowest BCUT2D eigenvalue weighted by Gasteiger charge is -2.11. The predicted octanol–water partition coefficient (Wildman–Crippen LogP) is 2.91. The van der Waals surface area contributed by atoms with Crippen molar-refractivity contribution in [3.05, 3.63) is 35.6 Å². The molecular weight excluding hydrogens is 214 g/mol. The fourth-order valence-corrected chi connectivity index (χ4v) is 1.79. The maximum atomic E-state index is 12.1. The molecule has 2 unspecified atom stereocenters. The zero-order valence-electron chi connectivity index (χ0n) is 10.4.